The number of amides is 6. The molecule has 6 amide bonds. The number of nitrogens with one attached hydrogen (secondary N) is 3. The van der Waals surface area contributed by atoms with Gasteiger partial charge in [0.15, 0.2) is 5.78 Å². The summed E-state index contributed by atoms with van der Waals surface area (Å²) in [7, 11) is 0. The first-order chi connectivity index (χ1) is 21.5. The molecule has 2 rings (SSSR count). The van der Waals surface area contributed by atoms with Crippen molar-refractivity contribution in [2.24, 2.45) is 23.0 Å². The van der Waals surface area contributed by atoms with E-state index in [-0.39, 0.29) is 63.8 Å². The van der Waals surface area contributed by atoms with Gasteiger partial charge in [-0.2, -0.15) is 0 Å². The van der Waals surface area contributed by atoms with Crippen molar-refractivity contribution in [1.29, 1.82) is 0 Å². The van der Waals surface area contributed by atoms with Crippen molar-refractivity contribution in [2.75, 3.05) is 18.4 Å². The lowest BCUT2D eigenvalue weighted by atomic mass is 9.88. The Kier molecular flexibility index (Phi) is 15.6. The van der Waals surface area contributed by atoms with Gasteiger partial charge in [-0.05, 0) is 93.0 Å². The minimum absolute atomic E-state index is 0.0787. The van der Waals surface area contributed by atoms with Crippen molar-refractivity contribution in [3.05, 3.63) is 38.8 Å². The third-order valence-electron chi connectivity index (χ3n) is 7.48. The number of primary amides is 1. The number of rotatable bonds is 18. The van der Waals surface area contributed by atoms with Crippen molar-refractivity contribution in [3.63, 3.8) is 0 Å². The minimum atomic E-state index is -0.774. The summed E-state index contributed by atoms with van der Waals surface area (Å²) in [5.41, 5.74) is 7.07. The number of unbranched alkanes of at least 4 members (excludes halogenated alkanes) is 2. The zero-order chi connectivity index (χ0) is 34.6. The molecule has 1 aliphatic heterocycles. The van der Waals surface area contributed by atoms with Gasteiger partial charge in [0, 0.05) is 37.5 Å². The second-order valence-corrected chi connectivity index (χ2v) is 14.8. The Morgan fingerprint density at radius 1 is 0.913 bits per heavy atom. The molecule has 2 atom stereocenters. The fourth-order valence-corrected chi connectivity index (χ4v) is 5.90. The lowest BCUT2D eigenvalue weighted by Crippen LogP contribution is -2.45. The van der Waals surface area contributed by atoms with E-state index in [1.165, 1.54) is 0 Å². The number of nitrogens with two attached hydrogens (primary N) is 1. The van der Waals surface area contributed by atoms with Crippen LogP contribution in [0, 0.1) is 17.3 Å². The van der Waals surface area contributed by atoms with Gasteiger partial charge in [0.25, 0.3) is 11.8 Å². The number of carbonyl (C=O) groups is 6. The van der Waals surface area contributed by atoms with Gasteiger partial charge < -0.3 is 21.7 Å². The molecule has 0 spiro atoms. The number of ketones is 1. The third-order valence-corrected chi connectivity index (χ3v) is 9.48. The molecule has 0 saturated carbocycles. The lowest BCUT2D eigenvalue weighted by molar-refractivity contribution is -0.137. The molecule has 1 aliphatic rings. The smallest absolute Gasteiger partial charge is 0.312 e. The summed E-state index contributed by atoms with van der Waals surface area (Å²) in [5, 5.41) is 8.28. The Morgan fingerprint density at radius 2 is 1.52 bits per heavy atom. The van der Waals surface area contributed by atoms with Crippen LogP contribution in [0.1, 0.15) is 85.1 Å². The molecule has 0 aromatic heterocycles. The molecule has 0 unspecified atom stereocenters. The molecule has 46 heavy (non-hydrogen) atoms. The highest BCUT2D eigenvalue weighted by Crippen LogP contribution is 2.29. The molecular weight excluding hydrogens is 722 g/mol. The quantitative estimate of drug-likeness (QED) is 0.117. The number of halogens is 2. The van der Waals surface area contributed by atoms with E-state index in [1.54, 1.807) is 0 Å². The van der Waals surface area contributed by atoms with Gasteiger partial charge in [0.2, 0.25) is 11.8 Å². The average molecular weight is 770 g/mol. The maximum Gasteiger partial charge on any atom is 0.312 e. The van der Waals surface area contributed by atoms with E-state index in [0.29, 0.717) is 37.8 Å². The zero-order valence-corrected chi connectivity index (χ0v) is 30.5. The standard InChI is InChI=1S/C33H47Br2N5O6/c1-20(2)28(39-25(42)11-7-6-8-17-40-30(44)26(34)27(35)31(40)45)24(41)18-22(10-9-16-37-32(36)46)29(43)38-23-14-12-21(13-15-23)19-33(3,4)5/h12-15,20,22,28H,6-11,16-19H2,1-5H3,(H,38,43)(H,39,42)(H3,36,37,46)/t22-,28+/m0/s1. The van der Waals surface area contributed by atoms with Gasteiger partial charge in [-0.1, -0.05) is 53.2 Å². The molecule has 1 aromatic carbocycles. The van der Waals surface area contributed by atoms with Gasteiger partial charge in [0.1, 0.15) is 8.96 Å². The summed E-state index contributed by atoms with van der Waals surface area (Å²) in [4.78, 5) is 76.2. The number of imide groups is 1. The molecule has 0 fully saturated rings. The lowest BCUT2D eigenvalue weighted by Gasteiger charge is -2.24. The van der Waals surface area contributed by atoms with Crippen LogP contribution in [0.4, 0.5) is 10.5 Å². The van der Waals surface area contributed by atoms with Gasteiger partial charge >= 0.3 is 6.03 Å². The maximum absolute atomic E-state index is 13.5. The highest BCUT2D eigenvalue weighted by molar-refractivity contribution is 9.14. The number of anilines is 1. The van der Waals surface area contributed by atoms with Crippen LogP contribution >= 0.6 is 31.9 Å². The Bertz CT molecular complexity index is 1280. The number of nitrogens with zero attached hydrogens (tertiary/aromatic N) is 1. The molecule has 0 aliphatic carbocycles. The van der Waals surface area contributed by atoms with E-state index in [4.69, 9.17) is 5.73 Å². The highest BCUT2D eigenvalue weighted by atomic mass is 79.9. The van der Waals surface area contributed by atoms with E-state index < -0.39 is 29.8 Å². The SMILES string of the molecule is CC(C)[C@@H](NC(=O)CCCCCN1C(=O)C(Br)=C(Br)C1=O)C(=O)C[C@H](CCCNC(N)=O)C(=O)Nc1ccc(CC(C)(C)C)cc1. The highest BCUT2D eigenvalue weighted by Gasteiger charge is 2.35. The number of Topliss-reactive ketones (excluding diaryl/α,β-unsaturated/α-hetero) is 1. The number of hydrogen-bond donors (Lipinski definition) is 4. The minimum Gasteiger partial charge on any atom is -0.352 e. The molecule has 0 saturated heterocycles. The average Bonchev–Trinajstić information content (AvgIpc) is 3.14. The first-order valence-corrected chi connectivity index (χ1v) is 17.3. The van der Waals surface area contributed by atoms with Crippen LogP contribution in [0.2, 0.25) is 0 Å². The summed E-state index contributed by atoms with van der Waals surface area (Å²) >= 11 is 6.21. The van der Waals surface area contributed by atoms with Gasteiger partial charge in [-0.3, -0.25) is 28.9 Å². The molecule has 1 aromatic rings. The largest absolute Gasteiger partial charge is 0.352 e. The normalized spacial score (nSPS) is 14.8. The van der Waals surface area contributed by atoms with Crippen LogP contribution in [-0.2, 0) is 30.4 Å². The topological polar surface area (TPSA) is 168 Å². The monoisotopic (exact) mass is 767 g/mol. The molecule has 254 valence electrons. The van der Waals surface area contributed by atoms with E-state index in [1.807, 2.05) is 38.1 Å². The predicted octanol–water partition coefficient (Wildman–Crippen LogP) is 5.31. The van der Waals surface area contributed by atoms with Crippen LogP contribution in [0.3, 0.4) is 0 Å². The van der Waals surface area contributed by atoms with E-state index in [9.17, 15) is 28.8 Å². The fourth-order valence-electron chi connectivity index (χ4n) is 5.14. The van der Waals surface area contributed by atoms with Crippen LogP contribution in [-0.4, -0.2) is 59.5 Å². The van der Waals surface area contributed by atoms with E-state index in [2.05, 4.69) is 68.6 Å². The van der Waals surface area contributed by atoms with Crippen molar-refractivity contribution in [2.45, 2.75) is 92.0 Å². The summed E-state index contributed by atoms with van der Waals surface area (Å²) in [6, 6.07) is 6.21. The fraction of sp³-hybridized carbons (Fsp3) is 0.576. The Morgan fingerprint density at radius 3 is 2.07 bits per heavy atom. The van der Waals surface area contributed by atoms with Crippen molar-refractivity contribution in [3.8, 4) is 0 Å². The maximum atomic E-state index is 13.5. The van der Waals surface area contributed by atoms with E-state index in [0.717, 1.165) is 16.9 Å². The van der Waals surface area contributed by atoms with Crippen molar-refractivity contribution in [1.82, 2.24) is 15.5 Å². The molecule has 13 heteroatoms. The molecule has 1 heterocycles. The van der Waals surface area contributed by atoms with Crippen LogP contribution in [0.15, 0.2) is 33.2 Å². The van der Waals surface area contributed by atoms with Crippen LogP contribution in [0.5, 0.6) is 0 Å². The summed E-state index contributed by atoms with van der Waals surface area (Å²) < 4.78 is 0.405. The molecule has 5 N–H and O–H groups in total. The first kappa shape index (κ1) is 39.1. The Balaban J connectivity index is 1.95. The first-order valence-electron chi connectivity index (χ1n) is 15.7. The molecular formula is C33H47Br2N5O6. The molecule has 11 nitrogen and oxygen atoms in total. The summed E-state index contributed by atoms with van der Waals surface area (Å²) in [6.07, 6.45) is 3.44. The number of carbonyl (C=O) groups excluding carboxylic acids is 6. The van der Waals surface area contributed by atoms with Crippen LogP contribution < -0.4 is 21.7 Å². The predicted molar refractivity (Wildman–Crippen MR) is 185 cm³/mol. The van der Waals surface area contributed by atoms with Gasteiger partial charge in [0.05, 0.1) is 6.04 Å². The number of benzene rings is 1. The number of hydrogen-bond acceptors (Lipinski definition) is 6. The van der Waals surface area contributed by atoms with Gasteiger partial charge in [-0.15, -0.1) is 0 Å². The Hall–Kier alpha value is -3.06. The second kappa shape index (κ2) is 18.3. The number of urea groups is 1. The zero-order valence-electron chi connectivity index (χ0n) is 27.3. The summed E-state index contributed by atoms with van der Waals surface area (Å²) in [5.74, 6) is -2.51. The molecule has 0 radical (unpaired) electrons. The van der Waals surface area contributed by atoms with Gasteiger partial charge in [-0.25, -0.2) is 4.79 Å². The van der Waals surface area contributed by atoms with E-state index >= 15 is 0 Å². The molecule has 0 bridgehead atoms. The van der Waals surface area contributed by atoms with Crippen LogP contribution in [0.25, 0.3) is 0 Å². The Labute approximate surface area is 288 Å². The van der Waals surface area contributed by atoms with Crippen molar-refractivity contribution >= 4 is 73.0 Å². The summed E-state index contributed by atoms with van der Waals surface area (Å²) in [6.45, 7) is 10.7. The second-order valence-electron chi connectivity index (χ2n) is 13.2. The van der Waals surface area contributed by atoms with Crippen molar-refractivity contribution < 1.29 is 28.8 Å². The third kappa shape index (κ3) is 13.0.